The van der Waals surface area contributed by atoms with Crippen molar-refractivity contribution in [2.45, 2.75) is 26.4 Å². The lowest BCUT2D eigenvalue weighted by Gasteiger charge is -2.19. The minimum atomic E-state index is -0.478. The molecule has 7 heteroatoms. The maximum Gasteiger partial charge on any atom is 0.331 e. The van der Waals surface area contributed by atoms with Crippen LogP contribution in [-0.4, -0.2) is 22.1 Å². The molecule has 6 nitrogen and oxygen atoms in total. The molecule has 0 aliphatic carbocycles. The van der Waals surface area contributed by atoms with E-state index in [0.29, 0.717) is 34.6 Å². The molecule has 1 aromatic heterocycles. The second-order valence-electron chi connectivity index (χ2n) is 6.28. The summed E-state index contributed by atoms with van der Waals surface area (Å²) in [6.45, 7) is 2.02. The van der Waals surface area contributed by atoms with Gasteiger partial charge in [-0.15, -0.1) is 0 Å². The first-order chi connectivity index (χ1) is 12.9. The summed E-state index contributed by atoms with van der Waals surface area (Å²) in [6.07, 6.45) is 0.643. The number of anilines is 1. The number of nitrogens with zero attached hydrogens (tertiary/aromatic N) is 3. The highest BCUT2D eigenvalue weighted by atomic mass is 35.5. The van der Waals surface area contributed by atoms with Crippen LogP contribution >= 0.6 is 11.6 Å². The van der Waals surface area contributed by atoms with Crippen LogP contribution in [-0.2, 0) is 17.9 Å². The van der Waals surface area contributed by atoms with Crippen molar-refractivity contribution in [2.75, 3.05) is 11.9 Å². The third-order valence-electron chi connectivity index (χ3n) is 4.44. The third kappa shape index (κ3) is 3.66. The number of likely N-dealkylation sites (N-methyl/N-ethyl adjacent to an activating group) is 1. The van der Waals surface area contributed by atoms with Gasteiger partial charge in [0.15, 0.2) is 0 Å². The number of carbonyl (C=O) groups is 1. The summed E-state index contributed by atoms with van der Waals surface area (Å²) in [4.78, 5) is 39.7. The van der Waals surface area contributed by atoms with Gasteiger partial charge < -0.3 is 4.90 Å². The van der Waals surface area contributed by atoms with Crippen LogP contribution in [0, 0.1) is 0 Å². The van der Waals surface area contributed by atoms with E-state index in [2.05, 4.69) is 0 Å². The maximum absolute atomic E-state index is 12.9. The molecule has 2 aromatic carbocycles. The normalized spacial score (nSPS) is 10.9. The first-order valence-corrected chi connectivity index (χ1v) is 9.06. The second kappa shape index (κ2) is 7.80. The van der Waals surface area contributed by atoms with Crippen LogP contribution in [0.1, 0.15) is 13.3 Å². The Labute approximate surface area is 161 Å². The van der Waals surface area contributed by atoms with Crippen LogP contribution in [0.4, 0.5) is 5.69 Å². The van der Waals surface area contributed by atoms with Gasteiger partial charge in [-0.1, -0.05) is 36.7 Å². The summed E-state index contributed by atoms with van der Waals surface area (Å²) in [7, 11) is 1.63. The Morgan fingerprint density at radius 3 is 2.52 bits per heavy atom. The van der Waals surface area contributed by atoms with Crippen molar-refractivity contribution in [1.29, 1.82) is 0 Å². The number of amides is 1. The van der Waals surface area contributed by atoms with Gasteiger partial charge in [-0.05, 0) is 36.8 Å². The highest BCUT2D eigenvalue weighted by Crippen LogP contribution is 2.19. The molecule has 3 aromatic rings. The van der Waals surface area contributed by atoms with E-state index >= 15 is 0 Å². The molecule has 0 saturated carbocycles. The molecule has 0 unspecified atom stereocenters. The van der Waals surface area contributed by atoms with Gasteiger partial charge in [-0.3, -0.25) is 18.7 Å². The maximum atomic E-state index is 12.9. The van der Waals surface area contributed by atoms with Crippen molar-refractivity contribution in [2.24, 2.45) is 0 Å². The van der Waals surface area contributed by atoms with Gasteiger partial charge in [0.2, 0.25) is 5.91 Å². The average Bonchev–Trinajstić information content (AvgIpc) is 2.67. The van der Waals surface area contributed by atoms with E-state index in [0.717, 1.165) is 0 Å². The Kier molecular flexibility index (Phi) is 5.46. The Morgan fingerprint density at radius 1 is 1.07 bits per heavy atom. The van der Waals surface area contributed by atoms with Gasteiger partial charge in [-0.25, -0.2) is 4.79 Å². The van der Waals surface area contributed by atoms with Crippen LogP contribution in [0.3, 0.4) is 0 Å². The first-order valence-electron chi connectivity index (χ1n) is 8.68. The molecule has 0 aliphatic rings. The number of fused-ring (bicyclic) bond motifs is 1. The van der Waals surface area contributed by atoms with E-state index in [1.54, 1.807) is 55.6 Å². The fourth-order valence-electron chi connectivity index (χ4n) is 3.01. The molecule has 27 heavy (non-hydrogen) atoms. The van der Waals surface area contributed by atoms with Gasteiger partial charge in [0.05, 0.1) is 10.9 Å². The molecule has 0 aliphatic heterocycles. The molecule has 0 atom stereocenters. The number of carbonyl (C=O) groups excluding carboxylic acids is 1. The Bertz CT molecular complexity index is 1120. The minimum absolute atomic E-state index is 0.174. The van der Waals surface area contributed by atoms with Gasteiger partial charge in [-0.2, -0.15) is 0 Å². The molecule has 1 amide bonds. The predicted molar refractivity (Wildman–Crippen MR) is 108 cm³/mol. The van der Waals surface area contributed by atoms with Crippen LogP contribution in [0.25, 0.3) is 10.9 Å². The number of aromatic nitrogens is 2. The minimum Gasteiger partial charge on any atom is -0.314 e. The van der Waals surface area contributed by atoms with Gasteiger partial charge in [0.1, 0.15) is 6.54 Å². The van der Waals surface area contributed by atoms with Crippen molar-refractivity contribution in [3.63, 3.8) is 0 Å². The number of halogens is 1. The Morgan fingerprint density at radius 2 is 1.81 bits per heavy atom. The van der Waals surface area contributed by atoms with Gasteiger partial charge in [0.25, 0.3) is 5.56 Å². The monoisotopic (exact) mass is 385 g/mol. The fraction of sp³-hybridized carbons (Fsp3) is 0.250. The number of hydrogen-bond acceptors (Lipinski definition) is 3. The van der Waals surface area contributed by atoms with Crippen molar-refractivity contribution in [3.05, 3.63) is 74.4 Å². The molecule has 0 N–H and O–H groups in total. The summed E-state index contributed by atoms with van der Waals surface area (Å²) in [6, 6.07) is 13.8. The number of benzene rings is 2. The van der Waals surface area contributed by atoms with Crippen molar-refractivity contribution < 1.29 is 4.79 Å². The second-order valence-corrected chi connectivity index (χ2v) is 6.71. The highest BCUT2D eigenvalue weighted by Gasteiger charge is 2.17. The quantitative estimate of drug-likeness (QED) is 0.678. The summed E-state index contributed by atoms with van der Waals surface area (Å²) in [5.74, 6) is -0.286. The van der Waals surface area contributed by atoms with E-state index in [1.165, 1.54) is 14.0 Å². The number of hydrogen-bond donors (Lipinski definition) is 0. The smallest absolute Gasteiger partial charge is 0.314 e. The van der Waals surface area contributed by atoms with E-state index in [-0.39, 0.29) is 18.0 Å². The van der Waals surface area contributed by atoms with Crippen LogP contribution in [0.5, 0.6) is 0 Å². The van der Waals surface area contributed by atoms with Crippen molar-refractivity contribution in [1.82, 2.24) is 9.13 Å². The zero-order chi connectivity index (χ0) is 19.6. The van der Waals surface area contributed by atoms with E-state index < -0.39 is 5.69 Å². The topological polar surface area (TPSA) is 64.3 Å². The molecule has 0 fully saturated rings. The summed E-state index contributed by atoms with van der Waals surface area (Å²) < 4.78 is 2.55. The van der Waals surface area contributed by atoms with Crippen molar-refractivity contribution in [3.8, 4) is 0 Å². The molecular formula is C20H20ClN3O3. The van der Waals surface area contributed by atoms with Crippen LogP contribution in [0.2, 0.25) is 5.02 Å². The van der Waals surface area contributed by atoms with Gasteiger partial charge in [0, 0.05) is 24.3 Å². The molecular weight excluding hydrogens is 366 g/mol. The van der Waals surface area contributed by atoms with E-state index in [4.69, 9.17) is 11.6 Å². The molecule has 140 valence electrons. The molecule has 0 radical (unpaired) electrons. The highest BCUT2D eigenvalue weighted by molar-refractivity contribution is 6.30. The predicted octanol–water partition coefficient (Wildman–Crippen LogP) is 2.89. The van der Waals surface area contributed by atoms with Crippen LogP contribution in [0.15, 0.2) is 58.1 Å². The van der Waals surface area contributed by atoms with Crippen molar-refractivity contribution >= 4 is 34.1 Å². The molecule has 0 saturated heterocycles. The number of para-hydroxylation sites is 1. The van der Waals surface area contributed by atoms with Gasteiger partial charge >= 0.3 is 5.69 Å². The Balaban J connectivity index is 2.07. The van der Waals surface area contributed by atoms with E-state index in [1.807, 2.05) is 6.92 Å². The lowest BCUT2D eigenvalue weighted by Crippen LogP contribution is -2.43. The molecule has 0 spiro atoms. The molecule has 3 rings (SSSR count). The lowest BCUT2D eigenvalue weighted by atomic mass is 10.2. The molecule has 0 bridgehead atoms. The Hall–Kier alpha value is -2.86. The van der Waals surface area contributed by atoms with E-state index in [9.17, 15) is 14.4 Å². The summed E-state index contributed by atoms with van der Waals surface area (Å²) in [5.41, 5.74) is 0.275. The third-order valence-corrected chi connectivity index (χ3v) is 4.68. The fourth-order valence-corrected chi connectivity index (χ4v) is 3.20. The number of rotatable bonds is 5. The molecule has 1 heterocycles. The summed E-state index contributed by atoms with van der Waals surface area (Å²) >= 11 is 6.00. The zero-order valence-electron chi connectivity index (χ0n) is 15.2. The standard InChI is InChI=1S/C20H20ClN3O3/c1-3-11-23-19(26)16-9-4-5-10-17(16)24(20(23)27)13-18(25)22(2)15-8-6-7-14(21)12-15/h4-10,12H,3,11,13H2,1-2H3. The largest absolute Gasteiger partial charge is 0.331 e. The zero-order valence-corrected chi connectivity index (χ0v) is 15.9. The average molecular weight is 386 g/mol. The van der Waals surface area contributed by atoms with Crippen LogP contribution < -0.4 is 16.1 Å². The first kappa shape index (κ1) is 18.9. The summed E-state index contributed by atoms with van der Waals surface area (Å²) in [5, 5.41) is 0.940. The SMILES string of the molecule is CCCn1c(=O)c2ccccc2n(CC(=O)N(C)c2cccc(Cl)c2)c1=O. The lowest BCUT2D eigenvalue weighted by molar-refractivity contribution is -0.118.